The highest BCUT2D eigenvalue weighted by molar-refractivity contribution is 6.07. The lowest BCUT2D eigenvalue weighted by Gasteiger charge is -2.18. The van der Waals surface area contributed by atoms with E-state index in [9.17, 15) is 9.59 Å². The van der Waals surface area contributed by atoms with Crippen molar-refractivity contribution in [2.75, 3.05) is 25.6 Å². The number of para-hydroxylation sites is 1. The van der Waals surface area contributed by atoms with E-state index in [1.54, 1.807) is 37.5 Å². The van der Waals surface area contributed by atoms with Gasteiger partial charge in [0, 0.05) is 19.7 Å². The van der Waals surface area contributed by atoms with Gasteiger partial charge in [0.2, 0.25) is 5.91 Å². The predicted molar refractivity (Wildman–Crippen MR) is 113 cm³/mol. The Morgan fingerprint density at radius 1 is 1.04 bits per heavy atom. The Kier molecular flexibility index (Phi) is 7.52. The van der Waals surface area contributed by atoms with E-state index in [4.69, 9.17) is 4.74 Å². The van der Waals surface area contributed by atoms with E-state index in [1.807, 2.05) is 12.1 Å². The first-order chi connectivity index (χ1) is 13.3. The van der Waals surface area contributed by atoms with Crippen LogP contribution in [0.1, 0.15) is 42.3 Å². The Hall–Kier alpha value is -2.92. The monoisotopic (exact) mass is 380 g/mol. The number of carbonyl (C=O) groups excluding carboxylic acids is 2. The average molecular weight is 380 g/mol. The Bertz CT molecular complexity index is 834. The molecule has 0 radical (unpaired) electrons. The van der Waals surface area contributed by atoms with Crippen LogP contribution in [0.3, 0.4) is 0 Å². The SMILES string of the molecule is COCCNC(=O)c1ccccc1NC(=O)/C=C/c1ccc(C(C)(C)C)cc1. The summed E-state index contributed by atoms with van der Waals surface area (Å²) >= 11 is 0. The van der Waals surface area contributed by atoms with Gasteiger partial charge in [0.15, 0.2) is 0 Å². The van der Waals surface area contributed by atoms with Gasteiger partial charge in [0.05, 0.1) is 17.9 Å². The number of nitrogens with one attached hydrogen (secondary N) is 2. The number of ether oxygens (including phenoxy) is 1. The van der Waals surface area contributed by atoms with E-state index in [2.05, 4.69) is 43.5 Å². The van der Waals surface area contributed by atoms with Crippen LogP contribution in [0, 0.1) is 0 Å². The van der Waals surface area contributed by atoms with Crippen LogP contribution >= 0.6 is 0 Å². The lowest BCUT2D eigenvalue weighted by molar-refractivity contribution is -0.111. The largest absolute Gasteiger partial charge is 0.383 e. The number of methoxy groups -OCH3 is 1. The van der Waals surface area contributed by atoms with Crippen molar-refractivity contribution in [1.29, 1.82) is 0 Å². The van der Waals surface area contributed by atoms with Gasteiger partial charge in [-0.15, -0.1) is 0 Å². The topological polar surface area (TPSA) is 67.4 Å². The standard InChI is InChI=1S/C23H28N2O3/c1-23(2,3)18-12-9-17(10-13-18)11-14-21(26)25-20-8-6-5-7-19(20)22(27)24-15-16-28-4/h5-14H,15-16H2,1-4H3,(H,24,27)(H,25,26)/b14-11+. The van der Waals surface area contributed by atoms with Crippen molar-refractivity contribution >= 4 is 23.6 Å². The fourth-order valence-electron chi connectivity index (χ4n) is 2.59. The number of hydrogen-bond acceptors (Lipinski definition) is 3. The summed E-state index contributed by atoms with van der Waals surface area (Å²) in [6.45, 7) is 7.32. The molecule has 0 aliphatic heterocycles. The summed E-state index contributed by atoms with van der Waals surface area (Å²) < 4.78 is 4.93. The third-order valence-electron chi connectivity index (χ3n) is 4.23. The first-order valence-electron chi connectivity index (χ1n) is 9.27. The summed E-state index contributed by atoms with van der Waals surface area (Å²) in [5.41, 5.74) is 3.15. The van der Waals surface area contributed by atoms with Gasteiger partial charge in [-0.2, -0.15) is 0 Å². The molecule has 0 saturated heterocycles. The van der Waals surface area contributed by atoms with Crippen LogP contribution < -0.4 is 10.6 Å². The fourth-order valence-corrected chi connectivity index (χ4v) is 2.59. The minimum absolute atomic E-state index is 0.0904. The second-order valence-electron chi connectivity index (χ2n) is 7.49. The highest BCUT2D eigenvalue weighted by atomic mass is 16.5. The molecule has 5 heteroatoms. The molecule has 0 spiro atoms. The molecule has 2 N–H and O–H groups in total. The molecule has 0 saturated carbocycles. The first kappa shape index (κ1) is 21.4. The van der Waals surface area contributed by atoms with Gasteiger partial charge in [0.1, 0.15) is 0 Å². The molecule has 2 aromatic rings. The number of amides is 2. The smallest absolute Gasteiger partial charge is 0.253 e. The zero-order chi connectivity index (χ0) is 20.6. The maximum Gasteiger partial charge on any atom is 0.253 e. The Balaban J connectivity index is 2.03. The van der Waals surface area contributed by atoms with Crippen LogP contribution in [0.5, 0.6) is 0 Å². The highest BCUT2D eigenvalue weighted by Crippen LogP contribution is 2.22. The van der Waals surface area contributed by atoms with Crippen molar-refractivity contribution in [2.45, 2.75) is 26.2 Å². The summed E-state index contributed by atoms with van der Waals surface area (Å²) in [5.74, 6) is -0.549. The van der Waals surface area contributed by atoms with Crippen molar-refractivity contribution in [3.63, 3.8) is 0 Å². The molecular weight excluding hydrogens is 352 g/mol. The lowest BCUT2D eigenvalue weighted by Crippen LogP contribution is -2.28. The van der Waals surface area contributed by atoms with Gasteiger partial charge >= 0.3 is 0 Å². The van der Waals surface area contributed by atoms with Crippen molar-refractivity contribution in [3.05, 3.63) is 71.3 Å². The van der Waals surface area contributed by atoms with Crippen LogP contribution in [-0.4, -0.2) is 32.1 Å². The summed E-state index contributed by atoms with van der Waals surface area (Å²) in [7, 11) is 1.57. The van der Waals surface area contributed by atoms with Crippen LogP contribution in [0.25, 0.3) is 6.08 Å². The van der Waals surface area contributed by atoms with E-state index >= 15 is 0 Å². The number of rotatable bonds is 7. The van der Waals surface area contributed by atoms with E-state index in [0.717, 1.165) is 5.56 Å². The predicted octanol–water partition coefficient (Wildman–Crippen LogP) is 4.01. The molecule has 148 valence electrons. The molecule has 2 aromatic carbocycles. The molecule has 2 amide bonds. The Morgan fingerprint density at radius 3 is 2.36 bits per heavy atom. The van der Waals surface area contributed by atoms with E-state index in [0.29, 0.717) is 24.4 Å². The number of anilines is 1. The molecule has 28 heavy (non-hydrogen) atoms. The van der Waals surface area contributed by atoms with E-state index in [-0.39, 0.29) is 17.2 Å². The molecule has 0 fully saturated rings. The van der Waals surface area contributed by atoms with Crippen LogP contribution in [0.4, 0.5) is 5.69 Å². The van der Waals surface area contributed by atoms with Gasteiger partial charge in [0.25, 0.3) is 5.91 Å². The van der Waals surface area contributed by atoms with Crippen molar-refractivity contribution in [3.8, 4) is 0 Å². The second kappa shape index (κ2) is 9.85. The summed E-state index contributed by atoms with van der Waals surface area (Å²) in [4.78, 5) is 24.6. The third kappa shape index (κ3) is 6.35. The molecule has 2 rings (SSSR count). The maximum atomic E-state index is 12.3. The van der Waals surface area contributed by atoms with Crippen molar-refractivity contribution in [1.82, 2.24) is 5.32 Å². The molecule has 0 heterocycles. The van der Waals surface area contributed by atoms with Gasteiger partial charge in [-0.25, -0.2) is 0 Å². The highest BCUT2D eigenvalue weighted by Gasteiger charge is 2.13. The zero-order valence-electron chi connectivity index (χ0n) is 16.9. The molecule has 0 unspecified atom stereocenters. The number of benzene rings is 2. The number of hydrogen-bond donors (Lipinski definition) is 2. The average Bonchev–Trinajstić information content (AvgIpc) is 2.66. The zero-order valence-corrected chi connectivity index (χ0v) is 16.9. The Morgan fingerprint density at radius 2 is 1.71 bits per heavy atom. The summed E-state index contributed by atoms with van der Waals surface area (Å²) in [6.07, 6.45) is 3.22. The normalized spacial score (nSPS) is 11.4. The summed E-state index contributed by atoms with van der Waals surface area (Å²) in [5, 5.41) is 5.53. The number of carbonyl (C=O) groups is 2. The quantitative estimate of drug-likeness (QED) is 0.563. The van der Waals surface area contributed by atoms with Gasteiger partial charge in [-0.1, -0.05) is 57.2 Å². The first-order valence-corrected chi connectivity index (χ1v) is 9.27. The van der Waals surface area contributed by atoms with Gasteiger partial charge in [-0.3, -0.25) is 9.59 Å². The molecule has 0 aromatic heterocycles. The lowest BCUT2D eigenvalue weighted by atomic mass is 9.87. The molecule has 0 atom stereocenters. The van der Waals surface area contributed by atoms with Crippen molar-refractivity contribution in [2.24, 2.45) is 0 Å². The maximum absolute atomic E-state index is 12.3. The third-order valence-corrected chi connectivity index (χ3v) is 4.23. The summed E-state index contributed by atoms with van der Waals surface area (Å²) in [6, 6.07) is 15.0. The molecular formula is C23H28N2O3. The van der Waals surface area contributed by atoms with Crippen LogP contribution in [0.2, 0.25) is 0 Å². The Labute approximate surface area is 166 Å². The van der Waals surface area contributed by atoms with Crippen molar-refractivity contribution < 1.29 is 14.3 Å². The fraction of sp³-hybridized carbons (Fsp3) is 0.304. The van der Waals surface area contributed by atoms with Gasteiger partial charge < -0.3 is 15.4 Å². The molecule has 5 nitrogen and oxygen atoms in total. The molecule has 0 bridgehead atoms. The molecule has 0 aliphatic carbocycles. The molecule has 0 aliphatic rings. The van der Waals surface area contributed by atoms with Gasteiger partial charge in [-0.05, 0) is 34.8 Å². The second-order valence-corrected chi connectivity index (χ2v) is 7.49. The minimum Gasteiger partial charge on any atom is -0.383 e. The van der Waals surface area contributed by atoms with E-state index in [1.165, 1.54) is 11.6 Å². The van der Waals surface area contributed by atoms with Crippen LogP contribution in [0.15, 0.2) is 54.6 Å². The van der Waals surface area contributed by atoms with Crippen LogP contribution in [-0.2, 0) is 14.9 Å². The van der Waals surface area contributed by atoms with E-state index < -0.39 is 0 Å². The minimum atomic E-state index is -0.294.